The van der Waals surface area contributed by atoms with Crippen LogP contribution in [0.25, 0.3) is 0 Å². The molecule has 0 fully saturated rings. The molecule has 0 N–H and O–H groups in total. The van der Waals surface area contributed by atoms with Gasteiger partial charge in [0, 0.05) is 0 Å². The molecule has 0 aliphatic rings. The van der Waals surface area contributed by atoms with Gasteiger partial charge in [0.1, 0.15) is 0 Å². The molecule has 0 aromatic heterocycles. The summed E-state index contributed by atoms with van der Waals surface area (Å²) in [6.07, 6.45) is 29.2. The fourth-order valence-corrected chi connectivity index (χ4v) is 3.30. The Morgan fingerprint density at radius 3 is 1.46 bits per heavy atom. The second kappa shape index (κ2) is 20.8. The van der Waals surface area contributed by atoms with Gasteiger partial charge >= 0.3 is 0 Å². The van der Waals surface area contributed by atoms with Crippen molar-refractivity contribution in [3.05, 3.63) is 26.0 Å². The van der Waals surface area contributed by atoms with E-state index in [2.05, 4.69) is 32.9 Å². The van der Waals surface area contributed by atoms with Crippen molar-refractivity contribution in [2.45, 2.75) is 122 Å². The summed E-state index contributed by atoms with van der Waals surface area (Å²) in [5.41, 5.74) is 0. The van der Waals surface area contributed by atoms with Crippen LogP contribution in [0.4, 0.5) is 0 Å². The van der Waals surface area contributed by atoms with Gasteiger partial charge in [0.2, 0.25) is 0 Å². The molecule has 0 aromatic rings. The van der Waals surface area contributed by atoms with E-state index in [0.29, 0.717) is 0 Å². The first-order valence-electron chi connectivity index (χ1n) is 11.0. The van der Waals surface area contributed by atoms with Crippen molar-refractivity contribution in [3.63, 3.8) is 0 Å². The van der Waals surface area contributed by atoms with E-state index in [0.717, 1.165) is 18.8 Å². The summed E-state index contributed by atoms with van der Waals surface area (Å²) in [5, 5.41) is 0. The minimum Gasteiger partial charge on any atom is -0.0885 e. The fourth-order valence-electron chi connectivity index (χ4n) is 3.30. The van der Waals surface area contributed by atoms with Gasteiger partial charge in [-0.15, -0.1) is 0 Å². The van der Waals surface area contributed by atoms with E-state index in [1.807, 2.05) is 0 Å². The third kappa shape index (κ3) is 19.8. The van der Waals surface area contributed by atoms with Crippen molar-refractivity contribution in [3.8, 4) is 0 Å². The Hall–Kier alpha value is -0.260. The molecule has 0 amide bonds. The quantitative estimate of drug-likeness (QED) is 0.163. The normalized spacial score (nSPS) is 13.0. The van der Waals surface area contributed by atoms with E-state index in [-0.39, 0.29) is 0 Å². The second-order valence-corrected chi connectivity index (χ2v) is 7.68. The van der Waals surface area contributed by atoms with E-state index in [1.165, 1.54) is 103 Å². The van der Waals surface area contributed by atoms with Crippen LogP contribution >= 0.6 is 0 Å². The Morgan fingerprint density at radius 1 is 0.542 bits per heavy atom. The molecular formula is C24H46. The van der Waals surface area contributed by atoms with Crippen LogP contribution in [0.2, 0.25) is 0 Å². The lowest BCUT2D eigenvalue weighted by Gasteiger charge is -2.10. The summed E-state index contributed by atoms with van der Waals surface area (Å²) in [5.74, 6) is 0.931. The van der Waals surface area contributed by atoms with Crippen molar-refractivity contribution in [1.82, 2.24) is 0 Å². The third-order valence-corrected chi connectivity index (χ3v) is 5.05. The first-order chi connectivity index (χ1) is 11.8. The molecule has 0 bridgehead atoms. The minimum absolute atomic E-state index is 0.931. The maximum absolute atomic E-state index is 3.91. The van der Waals surface area contributed by atoms with Crippen LogP contribution in [0, 0.1) is 19.8 Å². The standard InChI is InChI=1S/C24H46/c1-4-6-8-10-12-13-14-15-16-17-19-21-23-24(3)22-20-18-11-9-7-5-2/h15-16,24H,1-2,4-14,17-23H2,3H3/b16-15+. The van der Waals surface area contributed by atoms with E-state index in [1.54, 1.807) is 0 Å². The Labute approximate surface area is 154 Å². The SMILES string of the molecule is [CH2]CCCCCCC/C=C/CCCCC(C)CCCCCCC[CH2]. The number of rotatable bonds is 19. The summed E-state index contributed by atoms with van der Waals surface area (Å²) < 4.78 is 0. The topological polar surface area (TPSA) is 0 Å². The lowest BCUT2D eigenvalue weighted by atomic mass is 9.96. The molecule has 0 heterocycles. The molecule has 0 aliphatic heterocycles. The molecule has 0 nitrogen and oxygen atoms in total. The molecule has 0 aromatic carbocycles. The minimum atomic E-state index is 0.931. The van der Waals surface area contributed by atoms with Gasteiger partial charge in [-0.2, -0.15) is 0 Å². The highest BCUT2D eigenvalue weighted by molar-refractivity contribution is 4.81. The van der Waals surface area contributed by atoms with Crippen LogP contribution < -0.4 is 0 Å². The van der Waals surface area contributed by atoms with Gasteiger partial charge in [0.05, 0.1) is 0 Å². The lowest BCUT2D eigenvalue weighted by Crippen LogP contribution is -1.95. The number of hydrogen-bond acceptors (Lipinski definition) is 0. The van der Waals surface area contributed by atoms with E-state index in [9.17, 15) is 0 Å². The first-order valence-corrected chi connectivity index (χ1v) is 11.0. The van der Waals surface area contributed by atoms with Gasteiger partial charge in [-0.3, -0.25) is 0 Å². The van der Waals surface area contributed by atoms with Crippen LogP contribution in [-0.4, -0.2) is 0 Å². The number of unbranched alkanes of at least 4 members (excludes halogenated alkanes) is 13. The third-order valence-electron chi connectivity index (χ3n) is 5.05. The van der Waals surface area contributed by atoms with Crippen LogP contribution in [0.5, 0.6) is 0 Å². The van der Waals surface area contributed by atoms with Crippen LogP contribution in [0.3, 0.4) is 0 Å². The van der Waals surface area contributed by atoms with Gasteiger partial charge in [0.25, 0.3) is 0 Å². The zero-order chi connectivity index (χ0) is 17.7. The molecular weight excluding hydrogens is 288 g/mol. The van der Waals surface area contributed by atoms with Crippen LogP contribution in [0.1, 0.15) is 122 Å². The Kier molecular flexibility index (Phi) is 20.6. The van der Waals surface area contributed by atoms with E-state index in [4.69, 9.17) is 0 Å². The number of hydrogen-bond donors (Lipinski definition) is 0. The summed E-state index contributed by atoms with van der Waals surface area (Å²) in [7, 11) is 0. The van der Waals surface area contributed by atoms with Gasteiger partial charge in [-0.1, -0.05) is 123 Å². The smallest absolute Gasteiger partial charge is 0.0351 e. The molecule has 24 heavy (non-hydrogen) atoms. The second-order valence-electron chi connectivity index (χ2n) is 7.68. The zero-order valence-corrected chi connectivity index (χ0v) is 16.9. The summed E-state index contributed by atoms with van der Waals surface area (Å²) >= 11 is 0. The molecule has 0 saturated heterocycles. The predicted molar refractivity (Wildman–Crippen MR) is 112 cm³/mol. The fraction of sp³-hybridized carbons (Fsp3) is 0.833. The molecule has 1 atom stereocenters. The van der Waals surface area contributed by atoms with E-state index >= 15 is 0 Å². The highest BCUT2D eigenvalue weighted by Gasteiger charge is 2.01. The molecule has 0 rings (SSSR count). The monoisotopic (exact) mass is 334 g/mol. The van der Waals surface area contributed by atoms with Crippen molar-refractivity contribution in [1.29, 1.82) is 0 Å². The summed E-state index contributed by atoms with van der Waals surface area (Å²) in [6.45, 7) is 10.2. The molecule has 0 spiro atoms. The highest BCUT2D eigenvalue weighted by Crippen LogP contribution is 2.17. The molecule has 2 radical (unpaired) electrons. The Morgan fingerprint density at radius 2 is 0.917 bits per heavy atom. The average Bonchev–Trinajstić information content (AvgIpc) is 2.59. The molecule has 0 heteroatoms. The molecule has 0 aliphatic carbocycles. The predicted octanol–water partition coefficient (Wildman–Crippen LogP) is 8.87. The summed E-state index contributed by atoms with van der Waals surface area (Å²) in [6, 6.07) is 0. The maximum atomic E-state index is 3.91. The van der Waals surface area contributed by atoms with Gasteiger partial charge in [0.15, 0.2) is 0 Å². The lowest BCUT2D eigenvalue weighted by molar-refractivity contribution is 0.439. The van der Waals surface area contributed by atoms with Gasteiger partial charge in [-0.25, -0.2) is 0 Å². The van der Waals surface area contributed by atoms with Gasteiger partial charge in [-0.05, 0) is 31.6 Å². The van der Waals surface area contributed by atoms with Crippen LogP contribution in [0.15, 0.2) is 12.2 Å². The first kappa shape index (κ1) is 23.7. The van der Waals surface area contributed by atoms with E-state index < -0.39 is 0 Å². The van der Waals surface area contributed by atoms with Crippen LogP contribution in [-0.2, 0) is 0 Å². The van der Waals surface area contributed by atoms with Gasteiger partial charge < -0.3 is 0 Å². The highest BCUT2D eigenvalue weighted by atomic mass is 14.1. The van der Waals surface area contributed by atoms with Crippen molar-refractivity contribution < 1.29 is 0 Å². The Balaban J connectivity index is 3.20. The largest absolute Gasteiger partial charge is 0.0885 e. The maximum Gasteiger partial charge on any atom is -0.0351 e. The number of allylic oxidation sites excluding steroid dienone is 2. The molecule has 1 unspecified atom stereocenters. The summed E-state index contributed by atoms with van der Waals surface area (Å²) in [4.78, 5) is 0. The van der Waals surface area contributed by atoms with Crippen molar-refractivity contribution in [2.75, 3.05) is 0 Å². The zero-order valence-electron chi connectivity index (χ0n) is 16.9. The van der Waals surface area contributed by atoms with Crippen molar-refractivity contribution >= 4 is 0 Å². The Bertz CT molecular complexity index is 240. The average molecular weight is 335 g/mol. The molecule has 0 saturated carbocycles. The van der Waals surface area contributed by atoms with Crippen molar-refractivity contribution in [2.24, 2.45) is 5.92 Å². The molecule has 142 valence electrons.